The van der Waals surface area contributed by atoms with E-state index in [2.05, 4.69) is 39.0 Å². The molecule has 0 bridgehead atoms. The third-order valence-electron chi connectivity index (χ3n) is 3.13. The van der Waals surface area contributed by atoms with Crippen molar-refractivity contribution in [1.29, 1.82) is 0 Å². The summed E-state index contributed by atoms with van der Waals surface area (Å²) in [5.41, 5.74) is 4.36. The van der Waals surface area contributed by atoms with Gasteiger partial charge < -0.3 is 5.11 Å². The molecule has 1 rings (SSSR count). The first-order valence-corrected chi connectivity index (χ1v) is 6.30. The highest BCUT2D eigenvalue weighted by molar-refractivity contribution is 5.90. The molecular formula is C16H22O2. The van der Waals surface area contributed by atoms with Gasteiger partial charge >= 0.3 is 5.97 Å². The maximum atomic E-state index is 10.9. The average Bonchev–Trinajstić information content (AvgIpc) is 2.25. The second-order valence-electron chi connectivity index (χ2n) is 5.64. The van der Waals surface area contributed by atoms with E-state index in [1.54, 1.807) is 0 Å². The van der Waals surface area contributed by atoms with Gasteiger partial charge in [-0.1, -0.05) is 45.9 Å². The summed E-state index contributed by atoms with van der Waals surface area (Å²) in [5, 5.41) is 8.92. The van der Waals surface area contributed by atoms with E-state index in [0.717, 1.165) is 23.1 Å². The molecule has 1 aromatic rings. The summed E-state index contributed by atoms with van der Waals surface area (Å²) in [5.74, 6) is -0.882. The Balaban J connectivity index is 3.35. The van der Waals surface area contributed by atoms with Crippen molar-refractivity contribution < 1.29 is 9.90 Å². The van der Waals surface area contributed by atoms with Crippen LogP contribution in [0.2, 0.25) is 0 Å². The van der Waals surface area contributed by atoms with Crippen LogP contribution in [0.15, 0.2) is 24.3 Å². The van der Waals surface area contributed by atoms with E-state index in [1.807, 2.05) is 13.8 Å². The number of carboxylic acid groups (broad SMARTS) is 1. The minimum absolute atomic E-state index is 0.0739. The molecule has 0 spiro atoms. The molecule has 98 valence electrons. The van der Waals surface area contributed by atoms with Gasteiger partial charge in [-0.05, 0) is 41.0 Å². The number of hydrogen-bond donors (Lipinski definition) is 1. The molecule has 0 saturated heterocycles. The van der Waals surface area contributed by atoms with E-state index >= 15 is 0 Å². The largest absolute Gasteiger partial charge is 0.478 e. The Labute approximate surface area is 109 Å². The molecule has 1 N–H and O–H groups in total. The van der Waals surface area contributed by atoms with Gasteiger partial charge in [0.15, 0.2) is 0 Å². The highest BCUT2D eigenvalue weighted by Crippen LogP contribution is 2.29. The highest BCUT2D eigenvalue weighted by Gasteiger charge is 2.15. The van der Waals surface area contributed by atoms with Crippen molar-refractivity contribution in [3.8, 4) is 0 Å². The van der Waals surface area contributed by atoms with Gasteiger partial charge in [0.1, 0.15) is 0 Å². The number of aliphatic carboxylic acids is 1. The first-order chi connectivity index (χ1) is 8.25. The summed E-state index contributed by atoms with van der Waals surface area (Å²) >= 11 is 0. The van der Waals surface area contributed by atoms with Crippen LogP contribution in [-0.2, 0) is 10.2 Å². The molecule has 0 radical (unpaired) electrons. The van der Waals surface area contributed by atoms with E-state index < -0.39 is 5.97 Å². The SMILES string of the molecule is CC/C(=C\C(=O)O)c1cc(C(C)(C)C)ccc1C. The number of carboxylic acids is 1. The Bertz CT molecular complexity index is 476. The zero-order chi connectivity index (χ0) is 13.9. The van der Waals surface area contributed by atoms with Crippen LogP contribution in [0.25, 0.3) is 5.57 Å². The zero-order valence-corrected chi connectivity index (χ0v) is 11.9. The lowest BCUT2D eigenvalue weighted by atomic mass is 9.84. The van der Waals surface area contributed by atoms with E-state index in [-0.39, 0.29) is 5.41 Å². The molecule has 1 aromatic carbocycles. The molecule has 0 unspecified atom stereocenters. The van der Waals surface area contributed by atoms with E-state index in [1.165, 1.54) is 11.6 Å². The molecule has 0 aliphatic carbocycles. The van der Waals surface area contributed by atoms with Gasteiger partial charge in [0, 0.05) is 6.08 Å². The third kappa shape index (κ3) is 3.46. The topological polar surface area (TPSA) is 37.3 Å². The minimum Gasteiger partial charge on any atom is -0.478 e. The Hall–Kier alpha value is -1.57. The molecule has 0 saturated carbocycles. The predicted octanol–water partition coefficient (Wildman–Crippen LogP) is 4.17. The first-order valence-electron chi connectivity index (χ1n) is 6.30. The van der Waals surface area contributed by atoms with Crippen LogP contribution in [-0.4, -0.2) is 11.1 Å². The van der Waals surface area contributed by atoms with Crippen LogP contribution >= 0.6 is 0 Å². The van der Waals surface area contributed by atoms with Gasteiger partial charge in [-0.15, -0.1) is 0 Å². The Morgan fingerprint density at radius 3 is 2.39 bits per heavy atom. The van der Waals surface area contributed by atoms with Gasteiger partial charge in [0.05, 0.1) is 0 Å². The summed E-state index contributed by atoms with van der Waals surface area (Å²) < 4.78 is 0. The molecule has 2 nitrogen and oxygen atoms in total. The molecule has 0 fully saturated rings. The maximum Gasteiger partial charge on any atom is 0.328 e. The van der Waals surface area contributed by atoms with Gasteiger partial charge in [-0.25, -0.2) is 4.79 Å². The lowest BCUT2D eigenvalue weighted by Gasteiger charge is -2.21. The van der Waals surface area contributed by atoms with Crippen molar-refractivity contribution in [2.45, 2.75) is 46.5 Å². The highest BCUT2D eigenvalue weighted by atomic mass is 16.4. The fourth-order valence-corrected chi connectivity index (χ4v) is 1.95. The lowest BCUT2D eigenvalue weighted by Crippen LogP contribution is -2.11. The summed E-state index contributed by atoms with van der Waals surface area (Å²) in [6.07, 6.45) is 2.04. The van der Waals surface area contributed by atoms with Gasteiger partial charge in [0.25, 0.3) is 0 Å². The smallest absolute Gasteiger partial charge is 0.328 e. The first kappa shape index (κ1) is 14.5. The number of hydrogen-bond acceptors (Lipinski definition) is 1. The van der Waals surface area contributed by atoms with Gasteiger partial charge in [-0.2, -0.15) is 0 Å². The Kier molecular flexibility index (Phi) is 4.33. The Morgan fingerprint density at radius 1 is 1.33 bits per heavy atom. The van der Waals surface area contributed by atoms with Gasteiger partial charge in [-0.3, -0.25) is 0 Å². The number of carbonyl (C=O) groups is 1. The van der Waals surface area contributed by atoms with Crippen molar-refractivity contribution in [2.75, 3.05) is 0 Å². The molecule has 0 atom stereocenters. The molecule has 0 amide bonds. The van der Waals surface area contributed by atoms with Crippen molar-refractivity contribution in [3.05, 3.63) is 41.0 Å². The number of benzene rings is 1. The van der Waals surface area contributed by atoms with Crippen molar-refractivity contribution in [3.63, 3.8) is 0 Å². The monoisotopic (exact) mass is 246 g/mol. The second kappa shape index (κ2) is 5.38. The molecule has 0 aliphatic heterocycles. The van der Waals surface area contributed by atoms with Crippen LogP contribution in [0.1, 0.15) is 50.8 Å². The van der Waals surface area contributed by atoms with Crippen LogP contribution in [0.3, 0.4) is 0 Å². The predicted molar refractivity (Wildman–Crippen MR) is 75.8 cm³/mol. The van der Waals surface area contributed by atoms with Crippen LogP contribution < -0.4 is 0 Å². The third-order valence-corrected chi connectivity index (χ3v) is 3.13. The van der Waals surface area contributed by atoms with Crippen molar-refractivity contribution in [1.82, 2.24) is 0 Å². The Morgan fingerprint density at radius 2 is 1.94 bits per heavy atom. The number of rotatable bonds is 3. The quantitative estimate of drug-likeness (QED) is 0.813. The summed E-state index contributed by atoms with van der Waals surface area (Å²) in [6.45, 7) is 10.5. The summed E-state index contributed by atoms with van der Waals surface area (Å²) in [4.78, 5) is 10.9. The lowest BCUT2D eigenvalue weighted by molar-refractivity contribution is -0.131. The number of allylic oxidation sites excluding steroid dienone is 1. The maximum absolute atomic E-state index is 10.9. The summed E-state index contributed by atoms with van der Waals surface area (Å²) in [6, 6.07) is 6.31. The van der Waals surface area contributed by atoms with Crippen LogP contribution in [0.4, 0.5) is 0 Å². The molecule has 0 aromatic heterocycles. The van der Waals surface area contributed by atoms with Crippen molar-refractivity contribution >= 4 is 11.5 Å². The normalized spacial score (nSPS) is 12.6. The van der Waals surface area contributed by atoms with Crippen molar-refractivity contribution in [2.24, 2.45) is 0 Å². The van der Waals surface area contributed by atoms with Crippen LogP contribution in [0, 0.1) is 6.92 Å². The molecule has 0 aliphatic rings. The van der Waals surface area contributed by atoms with E-state index in [4.69, 9.17) is 5.11 Å². The number of aryl methyl sites for hydroxylation is 1. The summed E-state index contributed by atoms with van der Waals surface area (Å²) in [7, 11) is 0. The second-order valence-corrected chi connectivity index (χ2v) is 5.64. The molecular weight excluding hydrogens is 224 g/mol. The van der Waals surface area contributed by atoms with E-state index in [0.29, 0.717) is 0 Å². The van der Waals surface area contributed by atoms with E-state index in [9.17, 15) is 4.79 Å². The molecule has 18 heavy (non-hydrogen) atoms. The molecule has 0 heterocycles. The minimum atomic E-state index is -0.882. The fraction of sp³-hybridized carbons (Fsp3) is 0.438. The standard InChI is InChI=1S/C16H22O2/c1-6-12(9-15(17)18)14-10-13(16(3,4)5)8-7-11(14)2/h7-10H,6H2,1-5H3,(H,17,18)/b12-9+. The fourth-order valence-electron chi connectivity index (χ4n) is 1.95. The van der Waals surface area contributed by atoms with Gasteiger partial charge in [0.2, 0.25) is 0 Å². The average molecular weight is 246 g/mol. The molecule has 2 heteroatoms. The van der Waals surface area contributed by atoms with Crippen LogP contribution in [0.5, 0.6) is 0 Å². The zero-order valence-electron chi connectivity index (χ0n) is 11.9.